The van der Waals surface area contributed by atoms with Crippen LogP contribution in [0.5, 0.6) is 0 Å². The summed E-state index contributed by atoms with van der Waals surface area (Å²) in [5, 5.41) is 9.46. The van der Waals surface area contributed by atoms with Gasteiger partial charge in [0.15, 0.2) is 11.0 Å². The smallest absolute Gasteiger partial charge is 0.305 e. The Morgan fingerprint density at radius 3 is 2.60 bits per heavy atom. The summed E-state index contributed by atoms with van der Waals surface area (Å²) in [4.78, 5) is 2.23. The van der Waals surface area contributed by atoms with Crippen LogP contribution in [0.2, 0.25) is 0 Å². The van der Waals surface area contributed by atoms with Crippen LogP contribution in [-0.2, 0) is 26.2 Å². The monoisotopic (exact) mass is 432 g/mol. The lowest BCUT2D eigenvalue weighted by Crippen LogP contribution is -2.31. The van der Waals surface area contributed by atoms with Crippen LogP contribution in [0.3, 0.4) is 0 Å². The number of benzene rings is 2. The van der Waals surface area contributed by atoms with Crippen molar-refractivity contribution < 1.29 is 13.2 Å². The number of rotatable bonds is 6. The van der Waals surface area contributed by atoms with Crippen LogP contribution in [0.15, 0.2) is 53.7 Å². The number of nitrogens with zero attached hydrogens (tertiary/aromatic N) is 4. The molecular formula is C22H23F3N4S. The number of thioether (sulfide) groups is 1. The highest BCUT2D eigenvalue weighted by molar-refractivity contribution is 7.99. The molecule has 0 saturated carbocycles. The fourth-order valence-electron chi connectivity index (χ4n) is 3.71. The molecule has 0 radical (unpaired) electrons. The molecule has 0 saturated heterocycles. The van der Waals surface area contributed by atoms with Crippen LogP contribution in [0.1, 0.15) is 23.1 Å². The molecule has 1 aliphatic rings. The first-order chi connectivity index (χ1) is 14.4. The Kier molecular flexibility index (Phi) is 6.15. The number of aromatic nitrogens is 3. The highest BCUT2D eigenvalue weighted by Crippen LogP contribution is 2.32. The molecule has 2 aromatic carbocycles. The van der Waals surface area contributed by atoms with Crippen LogP contribution in [0, 0.1) is 0 Å². The van der Waals surface area contributed by atoms with E-state index >= 15 is 0 Å². The first-order valence-electron chi connectivity index (χ1n) is 9.91. The van der Waals surface area contributed by atoms with Gasteiger partial charge in [-0.25, -0.2) is 0 Å². The van der Waals surface area contributed by atoms with Gasteiger partial charge in [-0.05, 0) is 42.6 Å². The topological polar surface area (TPSA) is 34.0 Å². The van der Waals surface area contributed by atoms with Crippen molar-refractivity contribution in [2.24, 2.45) is 7.05 Å². The molecule has 30 heavy (non-hydrogen) atoms. The number of hydrogen-bond acceptors (Lipinski definition) is 4. The summed E-state index contributed by atoms with van der Waals surface area (Å²) >= 11 is 1.66. The molecular weight excluding hydrogens is 409 g/mol. The van der Waals surface area contributed by atoms with Crippen LogP contribution >= 0.6 is 11.8 Å². The highest BCUT2D eigenvalue weighted by atomic mass is 32.2. The fourth-order valence-corrected chi connectivity index (χ4v) is 4.55. The molecule has 4 rings (SSSR count). The van der Waals surface area contributed by atoms with E-state index in [-0.39, 0.29) is 0 Å². The first-order valence-corrected chi connectivity index (χ1v) is 10.9. The van der Waals surface area contributed by atoms with Gasteiger partial charge >= 0.3 is 6.18 Å². The molecule has 0 bridgehead atoms. The summed E-state index contributed by atoms with van der Waals surface area (Å²) in [5.74, 6) is 1.72. The summed E-state index contributed by atoms with van der Waals surface area (Å²) in [5.41, 5.74) is 2.30. The van der Waals surface area contributed by atoms with Gasteiger partial charge in [0.2, 0.25) is 0 Å². The van der Waals surface area contributed by atoms with Crippen LogP contribution in [0.25, 0.3) is 11.4 Å². The van der Waals surface area contributed by atoms with Crippen molar-refractivity contribution in [3.05, 3.63) is 65.2 Å². The summed E-state index contributed by atoms with van der Waals surface area (Å²) in [6.45, 7) is 2.31. The van der Waals surface area contributed by atoms with Crippen molar-refractivity contribution in [2.75, 3.05) is 18.8 Å². The standard InChI is InChI=1S/C22H23F3N4S/c1-28-20(17-6-3-2-4-7-17)26-27-21(28)30-13-5-11-29-12-10-16-8-9-19(22(23,24)25)14-18(16)15-29/h2-4,6-9,14H,5,10-13,15H2,1H3. The molecule has 4 nitrogen and oxygen atoms in total. The minimum atomic E-state index is -4.29. The summed E-state index contributed by atoms with van der Waals surface area (Å²) in [7, 11) is 1.96. The second kappa shape index (κ2) is 8.81. The Balaban J connectivity index is 1.29. The molecule has 0 atom stereocenters. The van der Waals surface area contributed by atoms with Crippen molar-refractivity contribution >= 4 is 11.8 Å². The van der Waals surface area contributed by atoms with Crippen molar-refractivity contribution in [1.82, 2.24) is 19.7 Å². The van der Waals surface area contributed by atoms with E-state index in [9.17, 15) is 13.2 Å². The fraction of sp³-hybridized carbons (Fsp3) is 0.364. The third-order valence-corrected chi connectivity index (χ3v) is 6.45. The van der Waals surface area contributed by atoms with Gasteiger partial charge in [0.05, 0.1) is 5.56 Å². The van der Waals surface area contributed by atoms with Crippen molar-refractivity contribution in [3.8, 4) is 11.4 Å². The Bertz CT molecular complexity index is 1000. The molecule has 0 fully saturated rings. The average molecular weight is 433 g/mol. The van der Waals surface area contributed by atoms with Gasteiger partial charge in [0.1, 0.15) is 0 Å². The Labute approximate surface area is 178 Å². The van der Waals surface area contributed by atoms with Crippen LogP contribution in [-0.4, -0.2) is 38.5 Å². The molecule has 0 unspecified atom stereocenters. The lowest BCUT2D eigenvalue weighted by molar-refractivity contribution is -0.137. The second-order valence-electron chi connectivity index (χ2n) is 7.44. The van der Waals surface area contributed by atoms with E-state index in [1.165, 1.54) is 12.1 Å². The van der Waals surface area contributed by atoms with Crippen LogP contribution < -0.4 is 0 Å². The predicted molar refractivity (Wildman–Crippen MR) is 112 cm³/mol. The molecule has 3 aromatic rings. The molecule has 158 valence electrons. The summed E-state index contributed by atoms with van der Waals surface area (Å²) in [6, 6.07) is 14.1. The van der Waals surface area contributed by atoms with Crippen LogP contribution in [0.4, 0.5) is 13.2 Å². The third kappa shape index (κ3) is 4.70. The van der Waals surface area contributed by atoms with Gasteiger partial charge in [-0.2, -0.15) is 13.2 Å². The molecule has 0 amide bonds. The lowest BCUT2D eigenvalue weighted by Gasteiger charge is -2.29. The van der Waals surface area contributed by atoms with Crippen molar-refractivity contribution in [1.29, 1.82) is 0 Å². The maximum Gasteiger partial charge on any atom is 0.416 e. The van der Waals surface area contributed by atoms with Gasteiger partial charge in [-0.15, -0.1) is 10.2 Å². The largest absolute Gasteiger partial charge is 0.416 e. The van der Waals surface area contributed by atoms with Gasteiger partial charge in [0, 0.05) is 31.5 Å². The highest BCUT2D eigenvalue weighted by Gasteiger charge is 2.31. The SMILES string of the molecule is Cn1c(SCCCN2CCc3ccc(C(F)(F)F)cc3C2)nnc1-c1ccccc1. The Hall–Kier alpha value is -2.32. The molecule has 8 heteroatoms. The van der Waals surface area contributed by atoms with E-state index in [1.807, 2.05) is 41.9 Å². The second-order valence-corrected chi connectivity index (χ2v) is 8.50. The number of halogens is 3. The van der Waals surface area contributed by atoms with E-state index in [0.29, 0.717) is 6.54 Å². The minimum Gasteiger partial charge on any atom is -0.305 e. The van der Waals surface area contributed by atoms with E-state index in [4.69, 9.17) is 0 Å². The third-order valence-electron chi connectivity index (χ3n) is 5.34. The maximum atomic E-state index is 13.0. The molecule has 0 aliphatic carbocycles. The quantitative estimate of drug-likeness (QED) is 0.404. The van der Waals surface area contributed by atoms with E-state index in [0.717, 1.165) is 59.4 Å². The Morgan fingerprint density at radius 2 is 1.83 bits per heavy atom. The Morgan fingerprint density at radius 1 is 1.03 bits per heavy atom. The van der Waals surface area contributed by atoms with Gasteiger partial charge in [0.25, 0.3) is 0 Å². The molecule has 2 heterocycles. The lowest BCUT2D eigenvalue weighted by atomic mass is 9.97. The zero-order valence-corrected chi connectivity index (χ0v) is 17.5. The van der Waals surface area contributed by atoms with E-state index in [1.54, 1.807) is 17.8 Å². The zero-order chi connectivity index (χ0) is 21.1. The zero-order valence-electron chi connectivity index (χ0n) is 16.7. The van der Waals surface area contributed by atoms with E-state index < -0.39 is 11.7 Å². The average Bonchev–Trinajstić information content (AvgIpc) is 3.11. The molecule has 0 N–H and O–H groups in total. The number of hydrogen-bond donors (Lipinski definition) is 0. The van der Waals surface area contributed by atoms with E-state index in [2.05, 4.69) is 15.1 Å². The number of alkyl halides is 3. The number of fused-ring (bicyclic) bond motifs is 1. The van der Waals surface area contributed by atoms with Gasteiger partial charge in [-0.3, -0.25) is 4.90 Å². The minimum absolute atomic E-state index is 0.560. The summed E-state index contributed by atoms with van der Waals surface area (Å²) in [6.07, 6.45) is -2.56. The predicted octanol–water partition coefficient (Wildman–Crippen LogP) is 5.04. The maximum absolute atomic E-state index is 13.0. The van der Waals surface area contributed by atoms with Crippen molar-refractivity contribution in [2.45, 2.75) is 30.7 Å². The van der Waals surface area contributed by atoms with Gasteiger partial charge < -0.3 is 4.57 Å². The first kappa shape index (κ1) is 20.9. The van der Waals surface area contributed by atoms with Crippen molar-refractivity contribution in [3.63, 3.8) is 0 Å². The summed E-state index contributed by atoms with van der Waals surface area (Å²) < 4.78 is 40.9. The molecule has 1 aliphatic heterocycles. The normalized spacial score (nSPS) is 14.7. The molecule has 1 aromatic heterocycles. The molecule has 0 spiro atoms. The van der Waals surface area contributed by atoms with Gasteiger partial charge in [-0.1, -0.05) is 48.2 Å².